The molecule has 0 saturated heterocycles. The molecular formula is C15H24N2O3S. The van der Waals surface area contributed by atoms with Gasteiger partial charge < -0.3 is 10.5 Å². The van der Waals surface area contributed by atoms with Gasteiger partial charge in [0.2, 0.25) is 10.0 Å². The molecular weight excluding hydrogens is 288 g/mol. The maximum Gasteiger partial charge on any atom is 0.240 e. The Bertz CT molecular complexity index is 570. The molecule has 21 heavy (non-hydrogen) atoms. The van der Waals surface area contributed by atoms with Gasteiger partial charge in [0.15, 0.2) is 0 Å². The first-order valence-electron chi connectivity index (χ1n) is 7.38. The number of hydrogen-bond acceptors (Lipinski definition) is 4. The van der Waals surface area contributed by atoms with Crippen LogP contribution < -0.4 is 10.5 Å². The lowest BCUT2D eigenvalue weighted by Gasteiger charge is -2.13. The van der Waals surface area contributed by atoms with E-state index >= 15 is 0 Å². The Morgan fingerprint density at radius 1 is 1.29 bits per heavy atom. The van der Waals surface area contributed by atoms with Crippen LogP contribution in [-0.4, -0.2) is 27.7 Å². The molecule has 0 radical (unpaired) electrons. The van der Waals surface area contributed by atoms with E-state index in [0.29, 0.717) is 18.4 Å². The molecule has 0 aromatic heterocycles. The van der Waals surface area contributed by atoms with Gasteiger partial charge in [-0.25, -0.2) is 13.1 Å². The molecule has 0 atom stereocenters. The minimum absolute atomic E-state index is 0.212. The number of ether oxygens (including phenoxy) is 1. The van der Waals surface area contributed by atoms with Crippen molar-refractivity contribution in [3.8, 4) is 0 Å². The quantitative estimate of drug-likeness (QED) is 0.623. The maximum absolute atomic E-state index is 12.2. The Morgan fingerprint density at radius 2 is 1.95 bits per heavy atom. The van der Waals surface area contributed by atoms with E-state index < -0.39 is 10.0 Å². The Morgan fingerprint density at radius 3 is 2.57 bits per heavy atom. The Hall–Kier alpha value is -1.11. The number of nitrogens with one attached hydrogen (secondary N) is 1. The second-order valence-electron chi connectivity index (χ2n) is 5.63. The van der Waals surface area contributed by atoms with Gasteiger partial charge in [-0.15, -0.1) is 0 Å². The van der Waals surface area contributed by atoms with Gasteiger partial charge in [-0.1, -0.05) is 12.8 Å². The predicted molar refractivity (Wildman–Crippen MR) is 83.7 cm³/mol. The second kappa shape index (κ2) is 6.77. The number of benzene rings is 1. The first kappa shape index (κ1) is 16.3. The lowest BCUT2D eigenvalue weighted by molar-refractivity contribution is 0.0626. The van der Waals surface area contributed by atoms with Crippen LogP contribution >= 0.6 is 0 Å². The first-order chi connectivity index (χ1) is 9.90. The molecule has 0 amide bonds. The summed E-state index contributed by atoms with van der Waals surface area (Å²) >= 11 is 0. The summed E-state index contributed by atoms with van der Waals surface area (Å²) < 4.78 is 32.7. The fourth-order valence-corrected chi connectivity index (χ4v) is 3.68. The molecule has 0 spiro atoms. The molecule has 0 unspecified atom stereocenters. The highest BCUT2D eigenvalue weighted by atomic mass is 32.2. The van der Waals surface area contributed by atoms with E-state index in [9.17, 15) is 8.42 Å². The van der Waals surface area contributed by atoms with Gasteiger partial charge in [0.25, 0.3) is 0 Å². The van der Waals surface area contributed by atoms with Gasteiger partial charge in [0.1, 0.15) is 0 Å². The monoisotopic (exact) mass is 312 g/mol. The number of aryl methyl sites for hydroxylation is 1. The second-order valence-corrected chi connectivity index (χ2v) is 7.40. The molecule has 2 rings (SSSR count). The van der Waals surface area contributed by atoms with Crippen LogP contribution in [0.5, 0.6) is 0 Å². The predicted octanol–water partition coefficient (Wildman–Crippen LogP) is 2.12. The van der Waals surface area contributed by atoms with Crippen LogP contribution in [0.2, 0.25) is 0 Å². The largest absolute Gasteiger partial charge is 0.398 e. The fraction of sp³-hybridized carbons (Fsp3) is 0.600. The van der Waals surface area contributed by atoms with E-state index in [0.717, 1.165) is 24.0 Å². The Labute approximate surface area is 126 Å². The molecule has 5 nitrogen and oxygen atoms in total. The van der Waals surface area contributed by atoms with E-state index in [2.05, 4.69) is 4.72 Å². The van der Waals surface area contributed by atoms with E-state index in [-0.39, 0.29) is 11.4 Å². The van der Waals surface area contributed by atoms with Gasteiger partial charge in [-0.05, 0) is 49.9 Å². The third-order valence-electron chi connectivity index (χ3n) is 4.04. The minimum atomic E-state index is -3.53. The summed E-state index contributed by atoms with van der Waals surface area (Å²) in [6.45, 7) is 4.42. The average Bonchev–Trinajstić information content (AvgIpc) is 2.93. The molecule has 1 aromatic rings. The van der Waals surface area contributed by atoms with E-state index in [1.807, 2.05) is 13.8 Å². The highest BCUT2D eigenvalue weighted by Gasteiger charge is 2.17. The van der Waals surface area contributed by atoms with Gasteiger partial charge >= 0.3 is 0 Å². The first-order valence-corrected chi connectivity index (χ1v) is 8.86. The summed E-state index contributed by atoms with van der Waals surface area (Å²) in [6, 6.07) is 3.15. The molecule has 6 heteroatoms. The SMILES string of the molecule is Cc1cc(S(=O)(=O)NCCOC2CCCC2)cc(N)c1C. The molecule has 3 N–H and O–H groups in total. The van der Waals surface area contributed by atoms with E-state index in [1.54, 1.807) is 6.07 Å². The van der Waals surface area contributed by atoms with Crippen LogP contribution in [0.3, 0.4) is 0 Å². The summed E-state index contributed by atoms with van der Waals surface area (Å²) in [5, 5.41) is 0. The zero-order chi connectivity index (χ0) is 15.5. The van der Waals surface area contributed by atoms with Crippen molar-refractivity contribution < 1.29 is 13.2 Å². The smallest absolute Gasteiger partial charge is 0.240 e. The highest BCUT2D eigenvalue weighted by molar-refractivity contribution is 7.89. The van der Waals surface area contributed by atoms with Crippen molar-refractivity contribution in [2.45, 2.75) is 50.5 Å². The molecule has 1 aromatic carbocycles. The number of nitrogen functional groups attached to an aromatic ring is 1. The van der Waals surface area contributed by atoms with Gasteiger partial charge in [-0.2, -0.15) is 0 Å². The lowest BCUT2D eigenvalue weighted by Crippen LogP contribution is -2.28. The van der Waals surface area contributed by atoms with Crippen molar-refractivity contribution in [3.05, 3.63) is 23.3 Å². The molecule has 1 aliphatic rings. The van der Waals surface area contributed by atoms with Crippen molar-refractivity contribution in [2.24, 2.45) is 0 Å². The molecule has 1 saturated carbocycles. The van der Waals surface area contributed by atoms with Crippen molar-refractivity contribution in [3.63, 3.8) is 0 Å². The zero-order valence-electron chi connectivity index (χ0n) is 12.7. The van der Waals surface area contributed by atoms with Crippen LogP contribution in [0.25, 0.3) is 0 Å². The van der Waals surface area contributed by atoms with Crippen LogP contribution in [0.15, 0.2) is 17.0 Å². The summed E-state index contributed by atoms with van der Waals surface area (Å²) in [5.41, 5.74) is 8.12. The molecule has 0 bridgehead atoms. The summed E-state index contributed by atoms with van der Waals surface area (Å²) in [5.74, 6) is 0. The third kappa shape index (κ3) is 4.18. The van der Waals surface area contributed by atoms with Crippen molar-refractivity contribution in [1.82, 2.24) is 4.72 Å². The summed E-state index contributed by atoms with van der Waals surface area (Å²) in [4.78, 5) is 0.212. The third-order valence-corrected chi connectivity index (χ3v) is 5.48. The standard InChI is InChI=1S/C15H24N2O3S/c1-11-9-14(10-15(16)12(11)2)21(18,19)17-7-8-20-13-5-3-4-6-13/h9-10,13,17H,3-8,16H2,1-2H3. The van der Waals surface area contributed by atoms with Gasteiger partial charge in [0, 0.05) is 12.2 Å². The topological polar surface area (TPSA) is 81.4 Å². The van der Waals surface area contributed by atoms with E-state index in [1.165, 1.54) is 18.9 Å². The van der Waals surface area contributed by atoms with Gasteiger partial charge in [0.05, 0.1) is 17.6 Å². The molecule has 1 aliphatic carbocycles. The van der Waals surface area contributed by atoms with Crippen LogP contribution in [0.4, 0.5) is 5.69 Å². The number of nitrogens with two attached hydrogens (primary N) is 1. The van der Waals surface area contributed by atoms with Crippen LogP contribution in [0.1, 0.15) is 36.8 Å². The number of anilines is 1. The number of hydrogen-bond donors (Lipinski definition) is 2. The molecule has 1 fully saturated rings. The minimum Gasteiger partial charge on any atom is -0.398 e. The summed E-state index contributed by atoms with van der Waals surface area (Å²) in [7, 11) is -3.53. The highest BCUT2D eigenvalue weighted by Crippen LogP contribution is 2.22. The van der Waals surface area contributed by atoms with Crippen LogP contribution in [0, 0.1) is 13.8 Å². The molecule has 0 heterocycles. The Kier molecular flexibility index (Phi) is 5.24. The fourth-order valence-electron chi connectivity index (χ4n) is 2.55. The Balaban J connectivity index is 1.92. The average molecular weight is 312 g/mol. The van der Waals surface area contributed by atoms with Crippen LogP contribution in [-0.2, 0) is 14.8 Å². The number of sulfonamides is 1. The van der Waals surface area contributed by atoms with Crippen molar-refractivity contribution >= 4 is 15.7 Å². The normalized spacial score (nSPS) is 16.5. The maximum atomic E-state index is 12.2. The number of rotatable bonds is 6. The van der Waals surface area contributed by atoms with Gasteiger partial charge in [-0.3, -0.25) is 0 Å². The van der Waals surface area contributed by atoms with Crippen molar-refractivity contribution in [1.29, 1.82) is 0 Å². The van der Waals surface area contributed by atoms with E-state index in [4.69, 9.17) is 10.5 Å². The molecule has 118 valence electrons. The lowest BCUT2D eigenvalue weighted by atomic mass is 10.1. The zero-order valence-corrected chi connectivity index (χ0v) is 13.5. The summed E-state index contributed by atoms with van der Waals surface area (Å²) in [6.07, 6.45) is 4.88. The molecule has 0 aliphatic heterocycles. The van der Waals surface area contributed by atoms with Crippen molar-refractivity contribution in [2.75, 3.05) is 18.9 Å².